The molecular formula is C12H18N6O. The number of carbonyl (C=O) groups is 1. The summed E-state index contributed by atoms with van der Waals surface area (Å²) >= 11 is 0. The van der Waals surface area contributed by atoms with Crippen LogP contribution in [0.25, 0.3) is 11.2 Å². The fourth-order valence-electron chi connectivity index (χ4n) is 1.52. The van der Waals surface area contributed by atoms with Gasteiger partial charge < -0.3 is 15.6 Å². The van der Waals surface area contributed by atoms with E-state index in [-0.39, 0.29) is 11.3 Å². The zero-order valence-corrected chi connectivity index (χ0v) is 11.3. The van der Waals surface area contributed by atoms with Gasteiger partial charge in [0.05, 0.1) is 6.33 Å². The largest absolute Gasteiger partial charge is 0.366 e. The highest BCUT2D eigenvalue weighted by Gasteiger charge is 2.20. The molecule has 2 aromatic heterocycles. The minimum absolute atomic E-state index is 0.0312. The number of anilines is 1. The quantitative estimate of drug-likeness (QED) is 0.712. The second-order valence-electron chi connectivity index (χ2n) is 5.26. The summed E-state index contributed by atoms with van der Waals surface area (Å²) in [7, 11) is 0. The monoisotopic (exact) mass is 262 g/mol. The van der Waals surface area contributed by atoms with Crippen molar-refractivity contribution in [1.29, 1.82) is 0 Å². The molecule has 0 aliphatic rings. The van der Waals surface area contributed by atoms with Crippen LogP contribution in [-0.4, -0.2) is 38.9 Å². The molecule has 0 spiro atoms. The van der Waals surface area contributed by atoms with E-state index < -0.39 is 0 Å². The lowest BCUT2D eigenvalue weighted by atomic mass is 9.96. The van der Waals surface area contributed by atoms with Gasteiger partial charge in [0, 0.05) is 18.5 Å². The van der Waals surface area contributed by atoms with E-state index in [0.29, 0.717) is 24.6 Å². The topological polar surface area (TPSA) is 95.6 Å². The van der Waals surface area contributed by atoms with E-state index in [4.69, 9.17) is 0 Å². The Morgan fingerprint density at radius 2 is 2.05 bits per heavy atom. The highest BCUT2D eigenvalue weighted by atomic mass is 16.2. The zero-order valence-electron chi connectivity index (χ0n) is 11.3. The van der Waals surface area contributed by atoms with Crippen molar-refractivity contribution in [2.24, 2.45) is 5.41 Å². The van der Waals surface area contributed by atoms with Gasteiger partial charge in [0.2, 0.25) is 5.91 Å². The van der Waals surface area contributed by atoms with Crippen molar-refractivity contribution in [3.63, 3.8) is 0 Å². The fraction of sp³-hybridized carbons (Fsp3) is 0.500. The van der Waals surface area contributed by atoms with Gasteiger partial charge in [-0.05, 0) is 0 Å². The molecule has 7 heteroatoms. The van der Waals surface area contributed by atoms with Gasteiger partial charge in [-0.3, -0.25) is 4.79 Å². The summed E-state index contributed by atoms with van der Waals surface area (Å²) in [6, 6.07) is 0. The van der Waals surface area contributed by atoms with Crippen molar-refractivity contribution in [2.75, 3.05) is 18.4 Å². The minimum Gasteiger partial charge on any atom is -0.366 e. The third-order valence-electron chi connectivity index (χ3n) is 2.61. The maximum atomic E-state index is 11.7. The summed E-state index contributed by atoms with van der Waals surface area (Å²) in [5, 5.41) is 6.01. The molecule has 7 nitrogen and oxygen atoms in total. The summed E-state index contributed by atoms with van der Waals surface area (Å²) in [6.07, 6.45) is 3.03. The Hall–Kier alpha value is -2.18. The van der Waals surface area contributed by atoms with E-state index in [9.17, 15) is 4.79 Å². The lowest BCUT2D eigenvalue weighted by molar-refractivity contribution is -0.128. The van der Waals surface area contributed by atoms with Crippen LogP contribution in [0.15, 0.2) is 12.7 Å². The molecule has 19 heavy (non-hydrogen) atoms. The van der Waals surface area contributed by atoms with E-state index in [0.717, 1.165) is 5.52 Å². The molecule has 0 aromatic carbocycles. The van der Waals surface area contributed by atoms with Crippen molar-refractivity contribution in [2.45, 2.75) is 20.8 Å². The molecule has 2 heterocycles. The van der Waals surface area contributed by atoms with Crippen LogP contribution >= 0.6 is 0 Å². The zero-order chi connectivity index (χ0) is 13.9. The lowest BCUT2D eigenvalue weighted by Crippen LogP contribution is -2.37. The van der Waals surface area contributed by atoms with Crippen molar-refractivity contribution in [1.82, 2.24) is 25.3 Å². The number of rotatable bonds is 4. The first kappa shape index (κ1) is 13.3. The summed E-state index contributed by atoms with van der Waals surface area (Å²) in [6.45, 7) is 6.78. The number of nitrogens with one attached hydrogen (secondary N) is 3. The number of hydrogen-bond donors (Lipinski definition) is 3. The van der Waals surface area contributed by atoms with Crippen LogP contribution in [-0.2, 0) is 4.79 Å². The first-order valence-corrected chi connectivity index (χ1v) is 6.15. The standard InChI is InChI=1S/C12H18N6O/c1-12(2,3)11(19)14-5-4-13-9-8-10(16-6-15-8)18-7-17-9/h6-7H,4-5H2,1-3H3,(H,14,19)(H2,13,15,16,17,18). The van der Waals surface area contributed by atoms with Crippen molar-refractivity contribution in [3.8, 4) is 0 Å². The number of nitrogens with zero attached hydrogens (tertiary/aromatic N) is 3. The van der Waals surface area contributed by atoms with Crippen molar-refractivity contribution >= 4 is 22.9 Å². The Morgan fingerprint density at radius 3 is 2.79 bits per heavy atom. The summed E-state index contributed by atoms with van der Waals surface area (Å²) in [4.78, 5) is 26.9. The SMILES string of the molecule is CC(C)(C)C(=O)NCCNc1ncnc2nc[nH]c12. The molecule has 3 N–H and O–H groups in total. The Labute approximate surface area is 111 Å². The van der Waals surface area contributed by atoms with E-state index in [2.05, 4.69) is 30.6 Å². The van der Waals surface area contributed by atoms with Gasteiger partial charge in [0.1, 0.15) is 11.8 Å². The smallest absolute Gasteiger partial charge is 0.225 e. The molecule has 0 radical (unpaired) electrons. The van der Waals surface area contributed by atoms with Crippen molar-refractivity contribution in [3.05, 3.63) is 12.7 Å². The summed E-state index contributed by atoms with van der Waals surface area (Å²) < 4.78 is 0. The summed E-state index contributed by atoms with van der Waals surface area (Å²) in [5.41, 5.74) is 1.02. The number of carbonyl (C=O) groups excluding carboxylic acids is 1. The second kappa shape index (κ2) is 5.21. The molecule has 0 atom stereocenters. The molecule has 0 fully saturated rings. The molecule has 0 saturated heterocycles. The normalized spacial score (nSPS) is 11.5. The third-order valence-corrected chi connectivity index (χ3v) is 2.61. The van der Waals surface area contributed by atoms with Gasteiger partial charge in [0.15, 0.2) is 11.5 Å². The number of fused-ring (bicyclic) bond motifs is 1. The maximum absolute atomic E-state index is 11.7. The molecule has 0 aliphatic carbocycles. The maximum Gasteiger partial charge on any atom is 0.225 e. The van der Waals surface area contributed by atoms with Crippen LogP contribution in [0.5, 0.6) is 0 Å². The average molecular weight is 262 g/mol. The van der Waals surface area contributed by atoms with Gasteiger partial charge in [-0.15, -0.1) is 0 Å². The van der Waals surface area contributed by atoms with Gasteiger partial charge in [-0.25, -0.2) is 15.0 Å². The minimum atomic E-state index is -0.369. The number of imidazole rings is 1. The predicted molar refractivity (Wildman–Crippen MR) is 72.6 cm³/mol. The number of H-pyrrole nitrogens is 1. The number of amides is 1. The molecular weight excluding hydrogens is 244 g/mol. The molecule has 2 rings (SSSR count). The van der Waals surface area contributed by atoms with E-state index in [1.54, 1.807) is 6.33 Å². The fourth-order valence-corrected chi connectivity index (χ4v) is 1.52. The number of aromatic nitrogens is 4. The van der Waals surface area contributed by atoms with Crippen LogP contribution in [0, 0.1) is 5.41 Å². The van der Waals surface area contributed by atoms with E-state index in [1.165, 1.54) is 6.33 Å². The molecule has 0 bridgehead atoms. The van der Waals surface area contributed by atoms with Crippen LogP contribution in [0.3, 0.4) is 0 Å². The Balaban J connectivity index is 1.87. The molecule has 2 aromatic rings. The van der Waals surface area contributed by atoms with Gasteiger partial charge >= 0.3 is 0 Å². The van der Waals surface area contributed by atoms with Gasteiger partial charge in [-0.1, -0.05) is 20.8 Å². The van der Waals surface area contributed by atoms with Gasteiger partial charge in [-0.2, -0.15) is 0 Å². The Kier molecular flexibility index (Phi) is 3.64. The molecule has 0 saturated carbocycles. The highest BCUT2D eigenvalue weighted by Crippen LogP contribution is 2.14. The number of hydrogen-bond acceptors (Lipinski definition) is 5. The Bertz CT molecular complexity index is 571. The first-order chi connectivity index (χ1) is 8.98. The van der Waals surface area contributed by atoms with E-state index in [1.807, 2.05) is 20.8 Å². The van der Waals surface area contributed by atoms with Crippen LogP contribution < -0.4 is 10.6 Å². The molecule has 0 unspecified atom stereocenters. The molecule has 0 aliphatic heterocycles. The third kappa shape index (κ3) is 3.18. The average Bonchev–Trinajstić information content (AvgIpc) is 2.81. The Morgan fingerprint density at radius 1 is 1.26 bits per heavy atom. The van der Waals surface area contributed by atoms with Crippen LogP contribution in [0.4, 0.5) is 5.82 Å². The van der Waals surface area contributed by atoms with E-state index >= 15 is 0 Å². The second-order valence-corrected chi connectivity index (χ2v) is 5.26. The number of aromatic amines is 1. The predicted octanol–water partition coefficient (Wildman–Crippen LogP) is 0.927. The molecule has 1 amide bonds. The summed E-state index contributed by atoms with van der Waals surface area (Å²) in [5.74, 6) is 0.719. The highest BCUT2D eigenvalue weighted by molar-refractivity contribution is 5.82. The van der Waals surface area contributed by atoms with Crippen LogP contribution in [0.1, 0.15) is 20.8 Å². The van der Waals surface area contributed by atoms with Crippen LogP contribution in [0.2, 0.25) is 0 Å². The lowest BCUT2D eigenvalue weighted by Gasteiger charge is -2.17. The first-order valence-electron chi connectivity index (χ1n) is 6.15. The van der Waals surface area contributed by atoms with Crippen molar-refractivity contribution < 1.29 is 4.79 Å². The molecule has 102 valence electrons. The van der Waals surface area contributed by atoms with Gasteiger partial charge in [0.25, 0.3) is 0 Å².